The van der Waals surface area contributed by atoms with Gasteiger partial charge in [0, 0.05) is 0 Å². The van der Waals surface area contributed by atoms with Crippen molar-refractivity contribution in [3.8, 4) is 0 Å². The Hall–Kier alpha value is -0.660. The van der Waals surface area contributed by atoms with E-state index in [1.165, 1.54) is 44.9 Å². The van der Waals surface area contributed by atoms with E-state index in [1.54, 1.807) is 0 Å². The van der Waals surface area contributed by atoms with Gasteiger partial charge in [-0.2, -0.15) is 0 Å². The molecule has 0 radical (unpaired) electrons. The second-order valence-corrected chi connectivity index (χ2v) is 10.3. The van der Waals surface area contributed by atoms with Crippen LogP contribution < -0.4 is 4.72 Å². The molecule has 0 rings (SSSR count). The molecule has 7 heteroatoms. The molecule has 156 valence electrons. The zero-order chi connectivity index (χ0) is 20.1. The topological polar surface area (TPSA) is 83.5 Å². The molecule has 0 aromatic heterocycles. The monoisotopic (exact) mass is 393 g/mol. The van der Waals surface area contributed by atoms with E-state index in [0.29, 0.717) is 17.4 Å². The van der Waals surface area contributed by atoms with Crippen LogP contribution in [0.25, 0.3) is 0 Å². The van der Waals surface area contributed by atoms with Gasteiger partial charge in [0.25, 0.3) is 0 Å². The Balaban J connectivity index is 4.02. The summed E-state index contributed by atoms with van der Waals surface area (Å²) >= 11 is 0. The van der Waals surface area contributed by atoms with Crippen molar-refractivity contribution in [1.82, 2.24) is 4.72 Å². The van der Waals surface area contributed by atoms with E-state index < -0.39 is 22.0 Å². The predicted octanol–water partition coefficient (Wildman–Crippen LogP) is 3.38. The Morgan fingerprint density at radius 2 is 1.38 bits per heavy atom. The van der Waals surface area contributed by atoms with Gasteiger partial charge in [-0.05, 0) is 6.42 Å². The van der Waals surface area contributed by atoms with Crippen LogP contribution in [0.1, 0.15) is 77.6 Å². The SMILES string of the molecule is CCCCCCCCCCCCS(=O)(=O)N[C@@H](CC(=O)O)C[N+](C)(C)C. The maximum absolute atomic E-state index is 12.2. The molecule has 0 aliphatic rings. The van der Waals surface area contributed by atoms with Crippen molar-refractivity contribution in [2.75, 3.05) is 33.4 Å². The quantitative estimate of drug-likeness (QED) is 0.293. The number of nitrogens with one attached hydrogen (secondary N) is 1. The van der Waals surface area contributed by atoms with E-state index in [0.717, 1.165) is 12.8 Å². The fourth-order valence-corrected chi connectivity index (χ4v) is 4.48. The number of carboxylic acids is 1. The second kappa shape index (κ2) is 13.5. The third-order valence-electron chi connectivity index (χ3n) is 4.30. The Morgan fingerprint density at radius 3 is 1.81 bits per heavy atom. The minimum Gasteiger partial charge on any atom is -0.481 e. The molecule has 1 atom stereocenters. The molecule has 0 aromatic carbocycles. The summed E-state index contributed by atoms with van der Waals surface area (Å²) in [5.41, 5.74) is 0. The van der Waals surface area contributed by atoms with Crippen LogP contribution in [0.2, 0.25) is 0 Å². The first kappa shape index (κ1) is 25.3. The predicted molar refractivity (Wildman–Crippen MR) is 108 cm³/mol. The molecule has 6 nitrogen and oxygen atoms in total. The number of aliphatic carboxylic acids is 1. The highest BCUT2D eigenvalue weighted by atomic mass is 32.2. The Bertz CT molecular complexity index is 472. The summed E-state index contributed by atoms with van der Waals surface area (Å²) in [5, 5.41) is 9.00. The lowest BCUT2D eigenvalue weighted by Crippen LogP contribution is -2.50. The van der Waals surface area contributed by atoms with Crippen molar-refractivity contribution in [2.24, 2.45) is 0 Å². The first-order chi connectivity index (χ1) is 12.1. The van der Waals surface area contributed by atoms with Crippen molar-refractivity contribution >= 4 is 16.0 Å². The third kappa shape index (κ3) is 16.8. The normalized spacial score (nSPS) is 13.7. The lowest BCUT2D eigenvalue weighted by Gasteiger charge is -2.29. The molecule has 26 heavy (non-hydrogen) atoms. The van der Waals surface area contributed by atoms with Gasteiger partial charge in [-0.1, -0.05) is 64.7 Å². The van der Waals surface area contributed by atoms with Gasteiger partial charge in [-0.15, -0.1) is 0 Å². The van der Waals surface area contributed by atoms with Crippen LogP contribution in [0.5, 0.6) is 0 Å². The van der Waals surface area contributed by atoms with Crippen molar-refractivity contribution in [2.45, 2.75) is 83.6 Å². The maximum atomic E-state index is 12.2. The van der Waals surface area contributed by atoms with E-state index in [2.05, 4.69) is 11.6 Å². The summed E-state index contributed by atoms with van der Waals surface area (Å²) in [6, 6.07) is -0.569. The molecular formula is C19H41N2O4S+. The van der Waals surface area contributed by atoms with Crippen molar-refractivity contribution in [3.05, 3.63) is 0 Å². The van der Waals surface area contributed by atoms with E-state index in [9.17, 15) is 13.2 Å². The number of hydrogen-bond acceptors (Lipinski definition) is 3. The summed E-state index contributed by atoms with van der Waals surface area (Å²) in [4.78, 5) is 11.0. The van der Waals surface area contributed by atoms with Gasteiger partial charge >= 0.3 is 5.97 Å². The molecule has 0 heterocycles. The van der Waals surface area contributed by atoms with Gasteiger partial charge in [0.1, 0.15) is 0 Å². The van der Waals surface area contributed by atoms with Crippen LogP contribution in [-0.2, 0) is 14.8 Å². The lowest BCUT2D eigenvalue weighted by atomic mass is 10.1. The third-order valence-corrected chi connectivity index (χ3v) is 5.82. The van der Waals surface area contributed by atoms with E-state index in [-0.39, 0.29) is 12.2 Å². The van der Waals surface area contributed by atoms with Crippen LogP contribution in [0.4, 0.5) is 0 Å². The summed E-state index contributed by atoms with van der Waals surface area (Å²) < 4.78 is 27.6. The molecule has 2 N–H and O–H groups in total. The van der Waals surface area contributed by atoms with E-state index >= 15 is 0 Å². The number of rotatable bonds is 17. The fourth-order valence-electron chi connectivity index (χ4n) is 3.11. The molecule has 0 unspecified atom stereocenters. The fraction of sp³-hybridized carbons (Fsp3) is 0.947. The molecular weight excluding hydrogens is 352 g/mol. The number of carboxylic acid groups (broad SMARTS) is 1. The number of unbranched alkanes of at least 4 members (excludes halogenated alkanes) is 9. The average Bonchev–Trinajstić information content (AvgIpc) is 2.46. The Labute approximate surface area is 161 Å². The average molecular weight is 394 g/mol. The van der Waals surface area contributed by atoms with Crippen LogP contribution in [-0.4, -0.2) is 63.5 Å². The minimum absolute atomic E-state index is 0.0801. The zero-order valence-corrected chi connectivity index (χ0v) is 18.1. The molecule has 0 fully saturated rings. The summed E-state index contributed by atoms with van der Waals surface area (Å²) in [5.74, 6) is -0.901. The summed E-state index contributed by atoms with van der Waals surface area (Å²) in [6.07, 6.45) is 11.3. The molecule has 0 aromatic rings. The number of nitrogens with zero attached hydrogens (tertiary/aromatic N) is 1. The minimum atomic E-state index is -3.43. The summed E-state index contributed by atoms with van der Waals surface area (Å²) in [7, 11) is 2.34. The molecule has 0 amide bonds. The largest absolute Gasteiger partial charge is 0.481 e. The molecule has 0 saturated carbocycles. The van der Waals surface area contributed by atoms with Crippen molar-refractivity contribution in [3.63, 3.8) is 0 Å². The molecule has 0 aliphatic heterocycles. The Kier molecular flexibility index (Phi) is 13.2. The van der Waals surface area contributed by atoms with Crippen molar-refractivity contribution in [1.29, 1.82) is 0 Å². The molecule has 0 bridgehead atoms. The zero-order valence-electron chi connectivity index (χ0n) is 17.3. The standard InChI is InChI=1S/C19H40N2O4S/c1-5-6-7-8-9-10-11-12-13-14-15-26(24,25)20-18(16-19(22)23)17-21(2,3)4/h18,20H,5-17H2,1-4H3/p+1/t18-/m0/s1. The Morgan fingerprint density at radius 1 is 0.923 bits per heavy atom. The van der Waals surface area contributed by atoms with E-state index in [1.807, 2.05) is 21.1 Å². The summed E-state index contributed by atoms with van der Waals surface area (Å²) in [6.45, 7) is 2.67. The first-order valence-corrected chi connectivity index (χ1v) is 11.7. The van der Waals surface area contributed by atoms with Gasteiger partial charge in [-0.3, -0.25) is 4.79 Å². The molecule has 0 spiro atoms. The van der Waals surface area contributed by atoms with Crippen LogP contribution in [0.3, 0.4) is 0 Å². The van der Waals surface area contributed by atoms with Gasteiger partial charge < -0.3 is 9.59 Å². The highest BCUT2D eigenvalue weighted by Crippen LogP contribution is 2.11. The van der Waals surface area contributed by atoms with Gasteiger partial charge in [0.2, 0.25) is 10.0 Å². The van der Waals surface area contributed by atoms with E-state index in [4.69, 9.17) is 5.11 Å². The highest BCUT2D eigenvalue weighted by Gasteiger charge is 2.25. The number of likely N-dealkylation sites (N-methyl/N-ethyl adjacent to an activating group) is 1. The van der Waals surface area contributed by atoms with Crippen LogP contribution >= 0.6 is 0 Å². The van der Waals surface area contributed by atoms with Gasteiger partial charge in [-0.25, -0.2) is 13.1 Å². The van der Waals surface area contributed by atoms with Crippen molar-refractivity contribution < 1.29 is 22.8 Å². The van der Waals surface area contributed by atoms with Crippen LogP contribution in [0, 0.1) is 0 Å². The number of carbonyl (C=O) groups is 1. The molecule has 0 saturated heterocycles. The lowest BCUT2D eigenvalue weighted by molar-refractivity contribution is -0.871. The van der Waals surface area contributed by atoms with Gasteiger partial charge in [0.15, 0.2) is 0 Å². The second-order valence-electron chi connectivity index (χ2n) is 8.39. The van der Waals surface area contributed by atoms with Gasteiger partial charge in [0.05, 0.1) is 45.9 Å². The maximum Gasteiger partial charge on any atom is 0.305 e. The number of quaternary nitrogens is 1. The van der Waals surface area contributed by atoms with Crippen LogP contribution in [0.15, 0.2) is 0 Å². The smallest absolute Gasteiger partial charge is 0.305 e. The highest BCUT2D eigenvalue weighted by molar-refractivity contribution is 7.89. The first-order valence-electron chi connectivity index (χ1n) is 10.1. The number of hydrogen-bond donors (Lipinski definition) is 2. The number of sulfonamides is 1. The molecule has 0 aliphatic carbocycles.